The Hall–Kier alpha value is -0.750. The Kier molecular flexibility index (Phi) is 7.22. The number of thioether (sulfide) groups is 1. The van der Waals surface area contributed by atoms with E-state index in [1.54, 1.807) is 14.0 Å². The molecule has 0 aromatic rings. The largest absolute Gasteiger partial charge is 0.480 e. The number of aliphatic carboxylic acids is 1. The second-order valence-electron chi connectivity index (χ2n) is 4.05. The van der Waals surface area contributed by atoms with Crippen molar-refractivity contribution < 1.29 is 19.4 Å². The first kappa shape index (κ1) is 16.2. The van der Waals surface area contributed by atoms with E-state index in [9.17, 15) is 9.59 Å². The molecule has 0 saturated heterocycles. The molecule has 0 atom stereocenters. The third kappa shape index (κ3) is 4.95. The molecule has 0 aliphatic rings. The van der Waals surface area contributed by atoms with Gasteiger partial charge in [-0.25, -0.2) is 4.79 Å². The first-order valence-corrected chi connectivity index (χ1v) is 6.63. The molecule has 5 nitrogen and oxygen atoms in total. The standard InChI is InChI=1S/C11H21NO4S/c1-5-12(11(2,3)10(14)15)9(13)8-17-7-6-16-4/h5-8H2,1-4H3,(H,14,15). The van der Waals surface area contributed by atoms with Gasteiger partial charge >= 0.3 is 5.97 Å². The minimum absolute atomic E-state index is 0.152. The molecular formula is C11H21NO4S. The molecule has 0 saturated carbocycles. The third-order valence-electron chi connectivity index (χ3n) is 2.47. The normalized spacial score (nSPS) is 11.3. The number of carboxylic acid groups (broad SMARTS) is 1. The molecule has 1 N–H and O–H groups in total. The van der Waals surface area contributed by atoms with Gasteiger partial charge in [-0.3, -0.25) is 4.79 Å². The molecule has 0 spiro atoms. The van der Waals surface area contributed by atoms with Crippen LogP contribution in [0.25, 0.3) is 0 Å². The number of likely N-dealkylation sites (N-methyl/N-ethyl adjacent to an activating group) is 1. The fourth-order valence-corrected chi connectivity index (χ4v) is 2.14. The highest BCUT2D eigenvalue weighted by Gasteiger charge is 2.36. The van der Waals surface area contributed by atoms with E-state index in [0.29, 0.717) is 13.2 Å². The minimum Gasteiger partial charge on any atom is -0.480 e. The van der Waals surface area contributed by atoms with E-state index in [1.807, 2.05) is 0 Å². The Labute approximate surface area is 107 Å². The van der Waals surface area contributed by atoms with E-state index >= 15 is 0 Å². The van der Waals surface area contributed by atoms with Crippen LogP contribution in [0.5, 0.6) is 0 Å². The lowest BCUT2D eigenvalue weighted by Crippen LogP contribution is -2.53. The zero-order valence-electron chi connectivity index (χ0n) is 10.9. The molecule has 100 valence electrons. The van der Waals surface area contributed by atoms with Gasteiger partial charge in [0.15, 0.2) is 0 Å². The van der Waals surface area contributed by atoms with E-state index < -0.39 is 11.5 Å². The van der Waals surface area contributed by atoms with Crippen LogP contribution >= 0.6 is 11.8 Å². The fourth-order valence-electron chi connectivity index (χ4n) is 1.38. The molecule has 17 heavy (non-hydrogen) atoms. The van der Waals surface area contributed by atoms with Gasteiger partial charge < -0.3 is 14.7 Å². The van der Waals surface area contributed by atoms with Crippen molar-refractivity contribution in [3.8, 4) is 0 Å². The molecule has 0 fully saturated rings. The Morgan fingerprint density at radius 2 is 2.00 bits per heavy atom. The smallest absolute Gasteiger partial charge is 0.329 e. The van der Waals surface area contributed by atoms with Crippen LogP contribution in [-0.2, 0) is 14.3 Å². The van der Waals surface area contributed by atoms with E-state index in [1.165, 1.54) is 30.5 Å². The number of nitrogens with zero attached hydrogens (tertiary/aromatic N) is 1. The Balaban J connectivity index is 4.36. The molecule has 0 bridgehead atoms. The summed E-state index contributed by atoms with van der Waals surface area (Å²) in [5, 5.41) is 9.08. The summed E-state index contributed by atoms with van der Waals surface area (Å²) in [6, 6.07) is 0. The maximum absolute atomic E-state index is 11.9. The summed E-state index contributed by atoms with van der Waals surface area (Å²) >= 11 is 1.45. The fraction of sp³-hybridized carbons (Fsp3) is 0.818. The summed E-state index contributed by atoms with van der Waals surface area (Å²) in [5.74, 6) is -0.128. The van der Waals surface area contributed by atoms with Crippen molar-refractivity contribution in [3.63, 3.8) is 0 Å². The Morgan fingerprint density at radius 1 is 1.41 bits per heavy atom. The summed E-state index contributed by atoms with van der Waals surface area (Å²) in [6.07, 6.45) is 0. The molecule has 0 aliphatic heterocycles. The molecule has 1 amide bonds. The van der Waals surface area contributed by atoms with Crippen LogP contribution in [0.4, 0.5) is 0 Å². The van der Waals surface area contributed by atoms with Crippen LogP contribution in [0.3, 0.4) is 0 Å². The van der Waals surface area contributed by atoms with Gasteiger partial charge in [-0.2, -0.15) is 0 Å². The lowest BCUT2D eigenvalue weighted by molar-refractivity contribution is -0.155. The van der Waals surface area contributed by atoms with Crippen molar-refractivity contribution >= 4 is 23.6 Å². The van der Waals surface area contributed by atoms with E-state index in [2.05, 4.69) is 0 Å². The molecular weight excluding hydrogens is 242 g/mol. The predicted molar refractivity (Wildman–Crippen MR) is 68.3 cm³/mol. The number of hydrogen-bond acceptors (Lipinski definition) is 4. The van der Waals surface area contributed by atoms with Crippen molar-refractivity contribution in [2.24, 2.45) is 0 Å². The maximum atomic E-state index is 11.9. The van der Waals surface area contributed by atoms with Crippen LogP contribution < -0.4 is 0 Å². The van der Waals surface area contributed by atoms with Crippen LogP contribution in [0.1, 0.15) is 20.8 Å². The monoisotopic (exact) mass is 263 g/mol. The molecule has 0 unspecified atom stereocenters. The van der Waals surface area contributed by atoms with Gasteiger partial charge in [0.25, 0.3) is 0 Å². The van der Waals surface area contributed by atoms with Gasteiger partial charge in [0, 0.05) is 19.4 Å². The maximum Gasteiger partial charge on any atom is 0.329 e. The second kappa shape index (κ2) is 7.55. The number of carbonyl (C=O) groups excluding carboxylic acids is 1. The average Bonchev–Trinajstić information content (AvgIpc) is 2.24. The highest BCUT2D eigenvalue weighted by atomic mass is 32.2. The van der Waals surface area contributed by atoms with E-state index in [-0.39, 0.29) is 11.7 Å². The zero-order chi connectivity index (χ0) is 13.5. The van der Waals surface area contributed by atoms with Gasteiger partial charge in [-0.1, -0.05) is 0 Å². The highest BCUT2D eigenvalue weighted by Crippen LogP contribution is 2.16. The van der Waals surface area contributed by atoms with Crippen molar-refractivity contribution in [3.05, 3.63) is 0 Å². The molecule has 0 aromatic carbocycles. The van der Waals surface area contributed by atoms with Crippen molar-refractivity contribution in [2.45, 2.75) is 26.3 Å². The van der Waals surface area contributed by atoms with Gasteiger partial charge in [0.2, 0.25) is 5.91 Å². The van der Waals surface area contributed by atoms with Crippen molar-refractivity contribution in [1.82, 2.24) is 4.90 Å². The molecule has 6 heteroatoms. The van der Waals surface area contributed by atoms with Gasteiger partial charge in [-0.15, -0.1) is 11.8 Å². The summed E-state index contributed by atoms with van der Waals surface area (Å²) in [6.45, 7) is 5.84. The van der Waals surface area contributed by atoms with E-state index in [4.69, 9.17) is 9.84 Å². The van der Waals surface area contributed by atoms with Crippen LogP contribution in [0.2, 0.25) is 0 Å². The van der Waals surface area contributed by atoms with Gasteiger partial charge in [-0.05, 0) is 20.8 Å². The molecule has 0 rings (SSSR count). The van der Waals surface area contributed by atoms with Gasteiger partial charge in [0.05, 0.1) is 12.4 Å². The summed E-state index contributed by atoms with van der Waals surface area (Å²) < 4.78 is 4.88. The van der Waals surface area contributed by atoms with E-state index in [0.717, 1.165) is 5.75 Å². The summed E-state index contributed by atoms with van der Waals surface area (Å²) in [7, 11) is 1.61. The topological polar surface area (TPSA) is 66.8 Å². The lowest BCUT2D eigenvalue weighted by atomic mass is 10.0. The van der Waals surface area contributed by atoms with Crippen molar-refractivity contribution in [1.29, 1.82) is 0 Å². The first-order chi connectivity index (χ1) is 7.87. The molecule has 0 aliphatic carbocycles. The van der Waals surface area contributed by atoms with Crippen LogP contribution in [0.15, 0.2) is 0 Å². The number of ether oxygens (including phenoxy) is 1. The van der Waals surface area contributed by atoms with Crippen LogP contribution in [-0.4, -0.2) is 59.2 Å². The zero-order valence-corrected chi connectivity index (χ0v) is 11.7. The number of amides is 1. The molecule has 0 heterocycles. The Morgan fingerprint density at radius 3 is 2.41 bits per heavy atom. The third-order valence-corrected chi connectivity index (χ3v) is 3.38. The first-order valence-electron chi connectivity index (χ1n) is 5.48. The molecule has 0 aromatic heterocycles. The second-order valence-corrected chi connectivity index (χ2v) is 5.15. The lowest BCUT2D eigenvalue weighted by Gasteiger charge is -2.34. The quantitative estimate of drug-likeness (QED) is 0.664. The number of methoxy groups -OCH3 is 1. The number of rotatable bonds is 8. The van der Waals surface area contributed by atoms with Crippen molar-refractivity contribution in [2.75, 3.05) is 31.8 Å². The molecule has 0 radical (unpaired) electrons. The number of carboxylic acids is 1. The SMILES string of the molecule is CCN(C(=O)CSCCOC)C(C)(C)C(=O)O. The minimum atomic E-state index is -1.16. The van der Waals surface area contributed by atoms with Gasteiger partial charge in [0.1, 0.15) is 5.54 Å². The average molecular weight is 263 g/mol. The number of carbonyl (C=O) groups is 2. The predicted octanol–water partition coefficient (Wildman–Crippen LogP) is 1.08. The number of hydrogen-bond donors (Lipinski definition) is 1. The summed E-state index contributed by atoms with van der Waals surface area (Å²) in [4.78, 5) is 24.4. The highest BCUT2D eigenvalue weighted by molar-refractivity contribution is 7.99. The Bertz CT molecular complexity index is 268. The van der Waals surface area contributed by atoms with Crippen LogP contribution in [0, 0.1) is 0 Å². The summed E-state index contributed by atoms with van der Waals surface area (Å²) in [5.41, 5.74) is -1.16.